The van der Waals surface area contributed by atoms with Gasteiger partial charge < -0.3 is 20.8 Å². The highest BCUT2D eigenvalue weighted by Gasteiger charge is 2.29. The largest absolute Gasteiger partial charge is 0.744 e. The fourth-order valence-electron chi connectivity index (χ4n) is 5.86. The summed E-state index contributed by atoms with van der Waals surface area (Å²) in [5.74, 6) is -0.388. The molecule has 48 heavy (non-hydrogen) atoms. The standard InChI is InChI=1S/C36H27N3O6S2.H3N/c1-21-10-19-31-32(33(21)47(42,43)44)46-35(39-31)23-13-17-24(18-14-23)37-34(40)22-11-15-25(16-12-22)38-36(41)45-20-30-28-8-4-2-6-26(28)27-7-3-5-9-29(27)30;/h2-19,30H,20H2,1H3,(H,37,40)(H,38,41)(H,42,43,44);1H3. The minimum Gasteiger partial charge on any atom is -0.744 e. The highest BCUT2D eigenvalue weighted by Crippen LogP contribution is 2.44. The van der Waals surface area contributed by atoms with E-state index in [9.17, 15) is 22.6 Å². The topological polar surface area (TPSA) is 174 Å². The van der Waals surface area contributed by atoms with Crippen LogP contribution in [0, 0.1) is 6.92 Å². The maximum absolute atomic E-state index is 12.9. The molecule has 0 atom stereocenters. The predicted molar refractivity (Wildman–Crippen MR) is 187 cm³/mol. The number of anilines is 2. The molecule has 0 unspecified atom stereocenters. The van der Waals surface area contributed by atoms with Gasteiger partial charge in [0, 0.05) is 28.4 Å². The van der Waals surface area contributed by atoms with Crippen molar-refractivity contribution in [2.24, 2.45) is 0 Å². The monoisotopic (exact) mass is 678 g/mol. The Hall–Kier alpha value is -5.40. The summed E-state index contributed by atoms with van der Waals surface area (Å²) >= 11 is 1.13. The summed E-state index contributed by atoms with van der Waals surface area (Å²) in [7, 11) is -4.66. The van der Waals surface area contributed by atoms with Gasteiger partial charge in [0.1, 0.15) is 21.7 Å². The molecule has 0 bridgehead atoms. The number of amides is 2. The first kappa shape index (κ1) is 32.5. The van der Waals surface area contributed by atoms with Crippen molar-refractivity contribution in [2.45, 2.75) is 17.7 Å². The molecule has 1 aliphatic rings. The number of quaternary nitrogens is 1. The zero-order valence-electron chi connectivity index (χ0n) is 25.9. The van der Waals surface area contributed by atoms with E-state index < -0.39 is 16.2 Å². The van der Waals surface area contributed by atoms with E-state index in [4.69, 9.17) is 4.74 Å². The molecule has 1 aromatic heterocycles. The number of aryl methyl sites for hydroxylation is 1. The lowest BCUT2D eigenvalue weighted by molar-refractivity contribution is 0.102. The van der Waals surface area contributed by atoms with E-state index in [2.05, 4.69) is 39.9 Å². The Kier molecular flexibility index (Phi) is 8.82. The smallest absolute Gasteiger partial charge is 0.411 e. The van der Waals surface area contributed by atoms with Crippen molar-refractivity contribution in [3.05, 3.63) is 131 Å². The number of hydrogen-bond acceptors (Lipinski definition) is 8. The normalized spacial score (nSPS) is 12.1. The van der Waals surface area contributed by atoms with Crippen LogP contribution in [0.15, 0.2) is 114 Å². The Morgan fingerprint density at radius 1 is 0.812 bits per heavy atom. The summed E-state index contributed by atoms with van der Waals surface area (Å²) in [5.41, 5.74) is 7.50. The average molecular weight is 679 g/mol. The second kappa shape index (κ2) is 13.0. The Morgan fingerprint density at radius 3 is 2.02 bits per heavy atom. The third-order valence-electron chi connectivity index (χ3n) is 8.09. The van der Waals surface area contributed by atoms with Gasteiger partial charge in [-0.1, -0.05) is 54.6 Å². The summed E-state index contributed by atoms with van der Waals surface area (Å²) in [4.78, 5) is 29.8. The van der Waals surface area contributed by atoms with Crippen LogP contribution in [0.1, 0.15) is 33.0 Å². The maximum atomic E-state index is 12.9. The lowest BCUT2D eigenvalue weighted by atomic mass is 9.98. The molecular formula is C36H30N4O6S2. The van der Waals surface area contributed by atoms with Crippen molar-refractivity contribution in [1.82, 2.24) is 11.1 Å². The Labute approximate surface area is 280 Å². The van der Waals surface area contributed by atoms with E-state index in [0.717, 1.165) is 33.6 Å². The number of nitrogens with zero attached hydrogens (tertiary/aromatic N) is 1. The first-order valence-electron chi connectivity index (χ1n) is 14.7. The molecule has 1 aliphatic carbocycles. The number of thiazole rings is 1. The van der Waals surface area contributed by atoms with Crippen molar-refractivity contribution in [2.75, 3.05) is 17.2 Å². The third-order valence-corrected chi connectivity index (χ3v) is 10.4. The molecule has 5 aromatic carbocycles. The van der Waals surface area contributed by atoms with Crippen molar-refractivity contribution >= 4 is 55.0 Å². The van der Waals surface area contributed by atoms with Crippen LogP contribution in [-0.4, -0.2) is 36.6 Å². The molecule has 1 heterocycles. The van der Waals surface area contributed by atoms with Gasteiger partial charge in [-0.3, -0.25) is 10.1 Å². The van der Waals surface area contributed by atoms with Crippen LogP contribution in [-0.2, 0) is 14.9 Å². The molecule has 0 aliphatic heterocycles. The van der Waals surface area contributed by atoms with Gasteiger partial charge in [0.05, 0.1) is 15.1 Å². The second-order valence-corrected chi connectivity index (χ2v) is 13.4. The molecule has 0 saturated carbocycles. The maximum Gasteiger partial charge on any atom is 0.411 e. The number of fused-ring (bicyclic) bond motifs is 4. The van der Waals surface area contributed by atoms with Crippen molar-refractivity contribution in [3.63, 3.8) is 0 Å². The third kappa shape index (κ3) is 6.29. The molecule has 10 nitrogen and oxygen atoms in total. The first-order chi connectivity index (χ1) is 22.7. The summed E-state index contributed by atoms with van der Waals surface area (Å²) in [6.07, 6.45) is -0.585. The Balaban J connectivity index is 0.00000401. The summed E-state index contributed by atoms with van der Waals surface area (Å²) in [5, 5.41) is 6.12. The van der Waals surface area contributed by atoms with Gasteiger partial charge in [-0.25, -0.2) is 18.2 Å². The van der Waals surface area contributed by atoms with Gasteiger partial charge in [-0.15, -0.1) is 11.3 Å². The van der Waals surface area contributed by atoms with Gasteiger partial charge in [0.2, 0.25) is 0 Å². The molecule has 2 amide bonds. The number of hydrogen-bond donors (Lipinski definition) is 3. The Morgan fingerprint density at radius 2 is 1.40 bits per heavy atom. The van der Waals surface area contributed by atoms with Gasteiger partial charge in [-0.2, -0.15) is 0 Å². The number of ether oxygens (including phenoxy) is 1. The molecule has 6 aromatic rings. The molecule has 0 radical (unpaired) electrons. The lowest BCUT2D eigenvalue weighted by Crippen LogP contribution is -2.18. The van der Waals surface area contributed by atoms with Crippen LogP contribution < -0.4 is 16.8 Å². The van der Waals surface area contributed by atoms with Crippen LogP contribution in [0.5, 0.6) is 0 Å². The molecule has 7 rings (SSSR count). The molecular weight excluding hydrogens is 649 g/mol. The zero-order valence-corrected chi connectivity index (χ0v) is 27.5. The second-order valence-electron chi connectivity index (χ2n) is 11.1. The van der Waals surface area contributed by atoms with E-state index in [1.54, 1.807) is 67.6 Å². The van der Waals surface area contributed by atoms with Crippen LogP contribution >= 0.6 is 11.3 Å². The minimum atomic E-state index is -4.66. The van der Waals surface area contributed by atoms with E-state index >= 15 is 0 Å². The van der Waals surface area contributed by atoms with Gasteiger partial charge in [0.25, 0.3) is 5.91 Å². The zero-order chi connectivity index (χ0) is 32.7. The minimum absolute atomic E-state index is 0. The predicted octanol–water partition coefficient (Wildman–Crippen LogP) is 8.17. The molecule has 0 fully saturated rings. The van der Waals surface area contributed by atoms with Gasteiger partial charge in [0.15, 0.2) is 0 Å². The van der Waals surface area contributed by atoms with E-state index in [1.807, 2.05) is 24.3 Å². The molecule has 12 heteroatoms. The number of nitrogens with one attached hydrogen (secondary N) is 2. The number of carbonyl (C=O) groups excluding carboxylic acids is 2. The molecule has 0 spiro atoms. The van der Waals surface area contributed by atoms with E-state index in [0.29, 0.717) is 43.3 Å². The van der Waals surface area contributed by atoms with Crippen LogP contribution in [0.3, 0.4) is 0 Å². The first-order valence-corrected chi connectivity index (χ1v) is 16.9. The lowest BCUT2D eigenvalue weighted by Gasteiger charge is -2.14. The van der Waals surface area contributed by atoms with Crippen LogP contribution in [0.4, 0.5) is 16.2 Å². The number of benzene rings is 5. The van der Waals surface area contributed by atoms with E-state index in [-0.39, 0.29) is 29.5 Å². The quantitative estimate of drug-likeness (QED) is 0.143. The van der Waals surface area contributed by atoms with Crippen molar-refractivity contribution in [1.29, 1.82) is 0 Å². The number of carbonyl (C=O) groups is 2. The van der Waals surface area contributed by atoms with Crippen LogP contribution in [0.25, 0.3) is 31.9 Å². The van der Waals surface area contributed by atoms with Crippen molar-refractivity contribution in [3.8, 4) is 21.7 Å². The summed E-state index contributed by atoms with van der Waals surface area (Å²) in [6, 6.07) is 32.9. The fraction of sp³-hybridized carbons (Fsp3) is 0.0833. The highest BCUT2D eigenvalue weighted by molar-refractivity contribution is 7.86. The fourth-order valence-corrected chi connectivity index (χ4v) is 8.15. The Bertz CT molecular complexity index is 2240. The summed E-state index contributed by atoms with van der Waals surface area (Å²) in [6.45, 7) is 1.77. The molecule has 6 N–H and O–H groups in total. The molecule has 242 valence electrons. The van der Waals surface area contributed by atoms with Gasteiger partial charge in [-0.05, 0) is 89.3 Å². The van der Waals surface area contributed by atoms with E-state index in [1.165, 1.54) is 0 Å². The van der Waals surface area contributed by atoms with Crippen LogP contribution in [0.2, 0.25) is 0 Å². The SMILES string of the molecule is Cc1ccc2nc(-c3ccc(NC(=O)c4ccc(NC(=O)OCC5c6ccccc6-c6ccccc65)cc4)cc3)sc2c1S(=O)(=O)[O-].[NH4+]. The highest BCUT2D eigenvalue weighted by atomic mass is 32.2. The van der Waals surface area contributed by atoms with Crippen molar-refractivity contribution < 1.29 is 27.3 Å². The molecule has 0 saturated heterocycles. The average Bonchev–Trinajstić information content (AvgIpc) is 3.63. The van der Waals surface area contributed by atoms with Gasteiger partial charge >= 0.3 is 6.09 Å². The number of aromatic nitrogens is 1. The number of rotatable bonds is 7. The summed E-state index contributed by atoms with van der Waals surface area (Å²) < 4.78 is 41.5.